The molecule has 1 N–H and O–H groups in total. The molecular formula is C33H30N2O8S. The number of allylic oxidation sites excluding steroid dienone is 1. The summed E-state index contributed by atoms with van der Waals surface area (Å²) in [6.45, 7) is 3.83. The quantitative estimate of drug-likeness (QED) is 0.265. The van der Waals surface area contributed by atoms with Crippen LogP contribution in [0.3, 0.4) is 0 Å². The first kappa shape index (κ1) is 30.3. The lowest BCUT2D eigenvalue weighted by molar-refractivity contribution is -0.139. The van der Waals surface area contributed by atoms with E-state index < -0.39 is 18.0 Å². The highest BCUT2D eigenvalue weighted by atomic mass is 32.1. The Balaban J connectivity index is 1.49. The standard InChI is InChI=1S/C33H30N2O8S/c1-5-42-32(39)28-19(2)34-33-35(29(28)22-11-14-25(40-3)26(17-22)41-4)30(36)27(44-33)16-20-9-12-24(13-10-20)43-18-21-7-6-8-23(15-21)31(37)38/h6-17,29H,5,18H2,1-4H3,(H,37,38)/b27-16-/t29-/m0/s1. The number of methoxy groups -OCH3 is 2. The molecule has 0 amide bonds. The Bertz CT molecular complexity index is 1940. The van der Waals surface area contributed by atoms with E-state index in [1.165, 1.54) is 36.2 Å². The third-order valence-electron chi connectivity index (χ3n) is 7.00. The SMILES string of the molecule is CCOC(=O)C1=C(C)N=c2s/c(=C\c3ccc(OCc4cccc(C(=O)O)c4)cc3)c(=O)n2[C@H]1c1ccc(OC)c(OC)c1. The minimum Gasteiger partial charge on any atom is -0.493 e. The summed E-state index contributed by atoms with van der Waals surface area (Å²) >= 11 is 1.23. The maximum atomic E-state index is 13.9. The van der Waals surface area contributed by atoms with Crippen molar-refractivity contribution in [3.8, 4) is 17.2 Å². The van der Waals surface area contributed by atoms with Gasteiger partial charge in [0, 0.05) is 0 Å². The monoisotopic (exact) mass is 614 g/mol. The predicted molar refractivity (Wildman–Crippen MR) is 164 cm³/mol. The fourth-order valence-electron chi connectivity index (χ4n) is 4.90. The lowest BCUT2D eigenvalue weighted by atomic mass is 9.95. The molecule has 0 bridgehead atoms. The van der Waals surface area contributed by atoms with Crippen molar-refractivity contribution >= 4 is 29.4 Å². The third kappa shape index (κ3) is 6.13. The molecule has 0 spiro atoms. The molecule has 44 heavy (non-hydrogen) atoms. The number of carboxylic acids is 1. The maximum absolute atomic E-state index is 13.9. The zero-order valence-corrected chi connectivity index (χ0v) is 25.3. The van der Waals surface area contributed by atoms with E-state index in [1.807, 2.05) is 12.1 Å². The molecule has 0 saturated heterocycles. The van der Waals surface area contributed by atoms with Crippen molar-refractivity contribution in [3.63, 3.8) is 0 Å². The summed E-state index contributed by atoms with van der Waals surface area (Å²) in [5.41, 5.74) is 2.77. The first-order valence-electron chi connectivity index (χ1n) is 13.7. The predicted octanol–water partition coefficient (Wildman–Crippen LogP) is 4.09. The van der Waals surface area contributed by atoms with Crippen LogP contribution in [0.25, 0.3) is 6.08 Å². The van der Waals surface area contributed by atoms with Crippen LogP contribution in [0, 0.1) is 0 Å². The van der Waals surface area contributed by atoms with E-state index in [1.54, 1.807) is 68.5 Å². The third-order valence-corrected chi connectivity index (χ3v) is 7.98. The molecule has 5 rings (SSSR count). The molecule has 1 atom stereocenters. The van der Waals surface area contributed by atoms with Gasteiger partial charge < -0.3 is 24.1 Å². The van der Waals surface area contributed by atoms with Crippen molar-refractivity contribution in [2.75, 3.05) is 20.8 Å². The van der Waals surface area contributed by atoms with E-state index in [2.05, 4.69) is 4.99 Å². The van der Waals surface area contributed by atoms with Gasteiger partial charge in [0.1, 0.15) is 12.4 Å². The van der Waals surface area contributed by atoms with Gasteiger partial charge in [-0.15, -0.1) is 0 Å². The number of benzene rings is 3. The number of aromatic nitrogens is 1. The van der Waals surface area contributed by atoms with Crippen LogP contribution in [0.1, 0.15) is 46.9 Å². The molecule has 226 valence electrons. The average molecular weight is 615 g/mol. The second-order valence-corrected chi connectivity index (χ2v) is 10.8. The Morgan fingerprint density at radius 1 is 1.02 bits per heavy atom. The number of carbonyl (C=O) groups is 2. The van der Waals surface area contributed by atoms with Crippen molar-refractivity contribution in [2.45, 2.75) is 26.5 Å². The number of esters is 1. The molecular weight excluding hydrogens is 584 g/mol. The Hall–Kier alpha value is -5.16. The number of carbonyl (C=O) groups excluding carboxylic acids is 1. The number of aromatic carboxylic acids is 1. The van der Waals surface area contributed by atoms with E-state index >= 15 is 0 Å². The largest absolute Gasteiger partial charge is 0.493 e. The molecule has 0 unspecified atom stereocenters. The fourth-order valence-corrected chi connectivity index (χ4v) is 5.95. The van der Waals surface area contributed by atoms with Crippen LogP contribution < -0.4 is 29.1 Å². The van der Waals surface area contributed by atoms with Gasteiger partial charge in [0.05, 0.1) is 48.2 Å². The van der Waals surface area contributed by atoms with Gasteiger partial charge >= 0.3 is 11.9 Å². The van der Waals surface area contributed by atoms with Crippen LogP contribution >= 0.6 is 11.3 Å². The summed E-state index contributed by atoms with van der Waals surface area (Å²) in [5, 5.41) is 9.20. The van der Waals surface area contributed by atoms with E-state index in [-0.39, 0.29) is 29.9 Å². The van der Waals surface area contributed by atoms with Crippen LogP contribution in [0.4, 0.5) is 0 Å². The molecule has 1 aliphatic heterocycles. The molecule has 11 heteroatoms. The van der Waals surface area contributed by atoms with E-state index in [9.17, 15) is 19.5 Å². The second kappa shape index (κ2) is 13.0. The number of hydrogen-bond donors (Lipinski definition) is 1. The molecule has 1 aliphatic rings. The zero-order valence-electron chi connectivity index (χ0n) is 24.5. The molecule has 0 fully saturated rings. The first-order chi connectivity index (χ1) is 21.2. The van der Waals surface area contributed by atoms with Crippen LogP contribution in [0.5, 0.6) is 17.2 Å². The molecule has 0 saturated carbocycles. The lowest BCUT2D eigenvalue weighted by Gasteiger charge is -2.25. The summed E-state index contributed by atoms with van der Waals surface area (Å²) in [6, 6.07) is 18.2. The maximum Gasteiger partial charge on any atom is 0.338 e. The van der Waals surface area contributed by atoms with Gasteiger partial charge in [-0.05, 0) is 73.0 Å². The summed E-state index contributed by atoms with van der Waals surface area (Å²) < 4.78 is 24.0. The number of hydrogen-bond acceptors (Lipinski definition) is 9. The van der Waals surface area contributed by atoms with Crippen LogP contribution in [-0.4, -0.2) is 42.4 Å². The minimum absolute atomic E-state index is 0.174. The van der Waals surface area contributed by atoms with Crippen molar-refractivity contribution in [3.05, 3.63) is 120 Å². The Morgan fingerprint density at radius 2 is 1.77 bits per heavy atom. The molecule has 0 radical (unpaired) electrons. The highest BCUT2D eigenvalue weighted by molar-refractivity contribution is 7.07. The van der Waals surface area contributed by atoms with Crippen molar-refractivity contribution < 1.29 is 33.6 Å². The average Bonchev–Trinajstić information content (AvgIpc) is 3.33. The van der Waals surface area contributed by atoms with Crippen LogP contribution in [0.15, 0.2) is 87.8 Å². The summed E-state index contributed by atoms with van der Waals surface area (Å²) in [6.07, 6.45) is 1.76. The van der Waals surface area contributed by atoms with Gasteiger partial charge in [0.15, 0.2) is 16.3 Å². The first-order valence-corrected chi connectivity index (χ1v) is 14.5. The van der Waals surface area contributed by atoms with Gasteiger partial charge in [-0.25, -0.2) is 14.6 Å². The molecule has 3 aromatic carbocycles. The van der Waals surface area contributed by atoms with Crippen molar-refractivity contribution in [1.29, 1.82) is 0 Å². The molecule has 2 heterocycles. The molecule has 4 aromatic rings. The van der Waals surface area contributed by atoms with Gasteiger partial charge in [0.25, 0.3) is 5.56 Å². The fraction of sp³-hybridized carbons (Fsp3) is 0.212. The normalized spacial score (nSPS) is 14.5. The van der Waals surface area contributed by atoms with Gasteiger partial charge in [-0.3, -0.25) is 9.36 Å². The molecule has 1 aromatic heterocycles. The van der Waals surface area contributed by atoms with Gasteiger partial charge in [0.2, 0.25) is 0 Å². The highest BCUT2D eigenvalue weighted by Gasteiger charge is 2.34. The second-order valence-electron chi connectivity index (χ2n) is 9.78. The number of thiazole rings is 1. The molecule has 10 nitrogen and oxygen atoms in total. The van der Waals surface area contributed by atoms with Gasteiger partial charge in [-0.2, -0.15) is 0 Å². The number of rotatable bonds is 10. The van der Waals surface area contributed by atoms with Crippen molar-refractivity contribution in [2.24, 2.45) is 4.99 Å². The van der Waals surface area contributed by atoms with E-state index in [0.717, 1.165) is 11.1 Å². The van der Waals surface area contributed by atoms with Crippen molar-refractivity contribution in [1.82, 2.24) is 4.57 Å². The lowest BCUT2D eigenvalue weighted by Crippen LogP contribution is -2.39. The summed E-state index contributed by atoms with van der Waals surface area (Å²) in [5.74, 6) is 0.0227. The van der Waals surface area contributed by atoms with Crippen LogP contribution in [0.2, 0.25) is 0 Å². The van der Waals surface area contributed by atoms with E-state index in [0.29, 0.717) is 37.8 Å². The Morgan fingerprint density at radius 3 is 2.45 bits per heavy atom. The molecule has 0 aliphatic carbocycles. The number of carboxylic acid groups (broad SMARTS) is 1. The number of fused-ring (bicyclic) bond motifs is 1. The number of nitrogens with zero attached hydrogens (tertiary/aromatic N) is 2. The highest BCUT2D eigenvalue weighted by Crippen LogP contribution is 2.36. The van der Waals surface area contributed by atoms with Crippen LogP contribution in [-0.2, 0) is 16.1 Å². The topological polar surface area (TPSA) is 126 Å². The number of ether oxygens (including phenoxy) is 4. The Labute approximate surface area is 256 Å². The van der Waals surface area contributed by atoms with Gasteiger partial charge in [-0.1, -0.05) is 41.7 Å². The Kier molecular flexibility index (Phi) is 8.96. The summed E-state index contributed by atoms with van der Waals surface area (Å²) in [7, 11) is 3.06. The minimum atomic E-state index is -0.996. The zero-order chi connectivity index (χ0) is 31.4. The summed E-state index contributed by atoms with van der Waals surface area (Å²) in [4.78, 5) is 43.4. The smallest absolute Gasteiger partial charge is 0.338 e. The van der Waals surface area contributed by atoms with E-state index in [4.69, 9.17) is 18.9 Å².